The van der Waals surface area contributed by atoms with Crippen molar-refractivity contribution in [1.29, 1.82) is 0 Å². The van der Waals surface area contributed by atoms with Crippen molar-refractivity contribution < 1.29 is 9.59 Å². The van der Waals surface area contributed by atoms with E-state index in [1.54, 1.807) is 0 Å². The highest BCUT2D eigenvalue weighted by Crippen LogP contribution is 2.35. The van der Waals surface area contributed by atoms with E-state index in [0.717, 1.165) is 57.7 Å². The highest BCUT2D eigenvalue weighted by Gasteiger charge is 2.43. The maximum Gasteiger partial charge on any atom is 0.245 e. The van der Waals surface area contributed by atoms with Crippen LogP contribution in [0.3, 0.4) is 0 Å². The average Bonchev–Trinajstić information content (AvgIpc) is 3.07. The van der Waals surface area contributed by atoms with Gasteiger partial charge in [0.1, 0.15) is 6.04 Å². The minimum Gasteiger partial charge on any atom is -0.341 e. The van der Waals surface area contributed by atoms with E-state index in [1.807, 2.05) is 9.80 Å². The molecule has 2 saturated heterocycles. The Morgan fingerprint density at radius 1 is 1.00 bits per heavy atom. The molecule has 0 bridgehead atoms. The molecule has 1 saturated carbocycles. The van der Waals surface area contributed by atoms with Crippen molar-refractivity contribution in [1.82, 2.24) is 9.80 Å². The molecule has 0 aromatic carbocycles. The van der Waals surface area contributed by atoms with Crippen LogP contribution in [0.15, 0.2) is 0 Å². The van der Waals surface area contributed by atoms with Crippen molar-refractivity contribution in [2.24, 2.45) is 17.8 Å². The first-order valence-electron chi connectivity index (χ1n) is 9.24. The van der Waals surface area contributed by atoms with E-state index in [1.165, 1.54) is 12.8 Å². The lowest BCUT2D eigenvalue weighted by atomic mass is 9.87. The molecule has 0 aromatic heterocycles. The third-order valence-electron chi connectivity index (χ3n) is 6.00. The summed E-state index contributed by atoms with van der Waals surface area (Å²) in [6, 6.07) is -0.159. The van der Waals surface area contributed by atoms with E-state index >= 15 is 0 Å². The van der Waals surface area contributed by atoms with E-state index in [0.29, 0.717) is 5.92 Å². The summed E-state index contributed by atoms with van der Waals surface area (Å²) in [5.74, 6) is 2.09. The lowest BCUT2D eigenvalue weighted by Gasteiger charge is -2.28. The maximum atomic E-state index is 12.9. The van der Waals surface area contributed by atoms with Gasteiger partial charge in [-0.3, -0.25) is 9.59 Å². The predicted molar refractivity (Wildman–Crippen MR) is 86.2 cm³/mol. The van der Waals surface area contributed by atoms with Gasteiger partial charge >= 0.3 is 0 Å². The zero-order chi connectivity index (χ0) is 15.7. The van der Waals surface area contributed by atoms with Crippen LogP contribution in [-0.2, 0) is 9.59 Å². The van der Waals surface area contributed by atoms with E-state index in [9.17, 15) is 9.59 Å². The fraction of sp³-hybridized carbons (Fsp3) is 0.889. The Labute approximate surface area is 134 Å². The van der Waals surface area contributed by atoms with Gasteiger partial charge in [0.2, 0.25) is 11.8 Å². The number of likely N-dealkylation sites (tertiary alicyclic amines) is 2. The molecule has 2 atom stereocenters. The first-order chi connectivity index (χ1) is 10.7. The van der Waals surface area contributed by atoms with Crippen LogP contribution in [0.1, 0.15) is 58.8 Å². The number of carbonyl (C=O) groups is 2. The fourth-order valence-corrected chi connectivity index (χ4v) is 4.39. The van der Waals surface area contributed by atoms with E-state index in [-0.39, 0.29) is 23.8 Å². The summed E-state index contributed by atoms with van der Waals surface area (Å²) in [5.41, 5.74) is 0. The molecule has 124 valence electrons. The highest BCUT2D eigenvalue weighted by atomic mass is 16.2. The zero-order valence-electron chi connectivity index (χ0n) is 14.1. The molecular formula is C18H30N2O2. The second-order valence-corrected chi connectivity index (χ2v) is 7.37. The van der Waals surface area contributed by atoms with Crippen molar-refractivity contribution in [3.63, 3.8) is 0 Å². The van der Waals surface area contributed by atoms with Gasteiger partial charge in [0.25, 0.3) is 0 Å². The van der Waals surface area contributed by atoms with Crippen molar-refractivity contribution in [3.8, 4) is 0 Å². The highest BCUT2D eigenvalue weighted by molar-refractivity contribution is 5.90. The number of amides is 2. The van der Waals surface area contributed by atoms with Gasteiger partial charge < -0.3 is 9.80 Å². The minimum atomic E-state index is -0.159. The monoisotopic (exact) mass is 306 g/mol. The van der Waals surface area contributed by atoms with Crippen LogP contribution in [0.2, 0.25) is 0 Å². The van der Waals surface area contributed by atoms with Gasteiger partial charge in [-0.25, -0.2) is 0 Å². The van der Waals surface area contributed by atoms with Crippen LogP contribution in [-0.4, -0.2) is 47.3 Å². The molecule has 0 aromatic rings. The SMILES string of the molecule is CCC(CC)[C@H]1CCN(C(=O)[C@H]2CCCN2C(=O)C2CC2)C1. The van der Waals surface area contributed by atoms with E-state index in [2.05, 4.69) is 13.8 Å². The Bertz CT molecular complexity index is 429. The van der Waals surface area contributed by atoms with Crippen LogP contribution < -0.4 is 0 Å². The molecule has 4 nitrogen and oxygen atoms in total. The lowest BCUT2D eigenvalue weighted by Crippen LogP contribution is -2.47. The second-order valence-electron chi connectivity index (χ2n) is 7.37. The predicted octanol–water partition coefficient (Wildman–Crippen LogP) is 2.67. The molecule has 2 aliphatic heterocycles. The van der Waals surface area contributed by atoms with Crippen LogP contribution in [0.4, 0.5) is 0 Å². The third kappa shape index (κ3) is 3.02. The summed E-state index contributed by atoms with van der Waals surface area (Å²) >= 11 is 0. The van der Waals surface area contributed by atoms with E-state index in [4.69, 9.17) is 0 Å². The molecule has 0 N–H and O–H groups in total. The van der Waals surface area contributed by atoms with Crippen molar-refractivity contribution in [2.45, 2.75) is 64.8 Å². The maximum absolute atomic E-state index is 12.9. The van der Waals surface area contributed by atoms with Crippen LogP contribution in [0.5, 0.6) is 0 Å². The standard InChI is InChI=1S/C18H30N2O2/c1-3-13(4-2)15-9-11-19(12-15)18(22)16-6-5-10-20(16)17(21)14-7-8-14/h13-16H,3-12H2,1-2H3/t15-,16+/m0/s1. The Morgan fingerprint density at radius 3 is 2.36 bits per heavy atom. The molecule has 0 unspecified atom stereocenters. The third-order valence-corrected chi connectivity index (χ3v) is 6.00. The van der Waals surface area contributed by atoms with Crippen LogP contribution in [0, 0.1) is 17.8 Å². The summed E-state index contributed by atoms with van der Waals surface area (Å²) in [6.07, 6.45) is 7.45. The molecule has 3 rings (SSSR count). The Hall–Kier alpha value is -1.06. The van der Waals surface area contributed by atoms with E-state index < -0.39 is 0 Å². The Balaban J connectivity index is 1.60. The smallest absolute Gasteiger partial charge is 0.245 e. The molecule has 0 spiro atoms. The summed E-state index contributed by atoms with van der Waals surface area (Å²) in [6.45, 7) is 7.10. The summed E-state index contributed by atoms with van der Waals surface area (Å²) in [7, 11) is 0. The first-order valence-corrected chi connectivity index (χ1v) is 9.24. The lowest BCUT2D eigenvalue weighted by molar-refractivity contribution is -0.144. The normalized spacial score (nSPS) is 28.7. The average molecular weight is 306 g/mol. The molecule has 3 aliphatic rings. The van der Waals surface area contributed by atoms with Gasteiger partial charge in [-0.05, 0) is 43.9 Å². The van der Waals surface area contributed by atoms with Crippen molar-refractivity contribution >= 4 is 11.8 Å². The molecule has 22 heavy (non-hydrogen) atoms. The molecule has 4 heteroatoms. The summed E-state index contributed by atoms with van der Waals surface area (Å²) in [5, 5.41) is 0. The molecule has 2 heterocycles. The van der Waals surface area contributed by atoms with Gasteiger partial charge in [-0.1, -0.05) is 26.7 Å². The summed E-state index contributed by atoms with van der Waals surface area (Å²) in [4.78, 5) is 29.2. The van der Waals surface area contributed by atoms with Crippen molar-refractivity contribution in [2.75, 3.05) is 19.6 Å². The zero-order valence-corrected chi connectivity index (χ0v) is 14.1. The molecule has 3 fully saturated rings. The minimum absolute atomic E-state index is 0.159. The topological polar surface area (TPSA) is 40.6 Å². The van der Waals surface area contributed by atoms with Crippen molar-refractivity contribution in [3.05, 3.63) is 0 Å². The van der Waals surface area contributed by atoms with Gasteiger partial charge in [0.15, 0.2) is 0 Å². The summed E-state index contributed by atoms with van der Waals surface area (Å²) < 4.78 is 0. The molecule has 0 radical (unpaired) electrons. The second kappa shape index (κ2) is 6.59. The van der Waals surface area contributed by atoms with Crippen LogP contribution in [0.25, 0.3) is 0 Å². The number of hydrogen-bond acceptors (Lipinski definition) is 2. The Kier molecular flexibility index (Phi) is 4.74. The van der Waals surface area contributed by atoms with Gasteiger partial charge in [0.05, 0.1) is 0 Å². The Morgan fingerprint density at radius 2 is 1.73 bits per heavy atom. The first kappa shape index (κ1) is 15.8. The molecular weight excluding hydrogens is 276 g/mol. The van der Waals surface area contributed by atoms with Gasteiger partial charge in [-0.2, -0.15) is 0 Å². The largest absolute Gasteiger partial charge is 0.341 e. The molecule has 2 amide bonds. The van der Waals surface area contributed by atoms with Crippen LogP contribution >= 0.6 is 0 Å². The van der Waals surface area contributed by atoms with Gasteiger partial charge in [-0.15, -0.1) is 0 Å². The number of carbonyl (C=O) groups excluding carboxylic acids is 2. The quantitative estimate of drug-likeness (QED) is 0.783. The number of nitrogens with zero attached hydrogens (tertiary/aromatic N) is 2. The molecule has 1 aliphatic carbocycles. The number of rotatable bonds is 5. The number of hydrogen-bond donors (Lipinski definition) is 0. The fourth-order valence-electron chi connectivity index (χ4n) is 4.39. The van der Waals surface area contributed by atoms with Gasteiger partial charge in [0, 0.05) is 25.6 Å².